The Morgan fingerprint density at radius 1 is 1.09 bits per heavy atom. The number of fused-ring (bicyclic) bond motifs is 2. The second kappa shape index (κ2) is 13.9. The minimum absolute atomic E-state index is 0.0439. The fraction of sp³-hybridized carbons (Fsp3) is 0.156. The van der Waals surface area contributed by atoms with Gasteiger partial charge < -0.3 is 29.8 Å². The first-order valence-corrected chi connectivity index (χ1v) is 16.0. The molecule has 6 aromatic rings. The van der Waals surface area contributed by atoms with Crippen molar-refractivity contribution in [2.45, 2.75) is 13.2 Å². The smallest absolute Gasteiger partial charge is 0.407 e. The molecule has 0 spiro atoms. The standard InChI is InChI=1S/C32H26ClN7O4S2/c1-40(10-11-42-32(41)36-17-19-6-8-20(9-7-19)18-43-28-15-27(33)38-31(35)39-28)29-14-26-25(46-29)13-22(45-26)12-21(16-34)30-37-23-4-2-3-5-24(23)44-30/h2-9,12-15H,10-11,17-18H2,1H3,(H,36,41)(H2,35,38,39)/b21-12+. The SMILES string of the molecule is CN(CCOC(=O)NCc1ccc(COc2cc(Cl)nc(N)n2)cc1)c1cc2sc(/C=C(\C#N)c3nc4ccccc4o3)cc2s1. The molecular weight excluding hydrogens is 646 g/mol. The third-order valence-electron chi connectivity index (χ3n) is 6.72. The Balaban J connectivity index is 0.950. The topological polar surface area (TPSA) is 152 Å². The van der Waals surface area contributed by atoms with Crippen LogP contribution in [0, 0.1) is 11.3 Å². The second-order valence-corrected chi connectivity index (χ2v) is 12.6. The predicted molar refractivity (Wildman–Crippen MR) is 181 cm³/mol. The van der Waals surface area contributed by atoms with Crippen LogP contribution in [-0.2, 0) is 17.9 Å². The Hall–Kier alpha value is -5.16. The fourth-order valence-corrected chi connectivity index (χ4v) is 6.89. The molecule has 0 saturated carbocycles. The Kier molecular flexibility index (Phi) is 9.30. The van der Waals surface area contributed by atoms with E-state index in [1.807, 2.05) is 60.5 Å². The number of anilines is 2. The molecule has 11 nitrogen and oxygen atoms in total. The molecule has 0 radical (unpaired) electrons. The lowest BCUT2D eigenvalue weighted by molar-refractivity contribution is 0.148. The summed E-state index contributed by atoms with van der Waals surface area (Å²) in [7, 11) is 1.96. The lowest BCUT2D eigenvalue weighted by atomic mass is 10.1. The maximum atomic E-state index is 12.3. The van der Waals surface area contributed by atoms with Crippen LogP contribution in [0.5, 0.6) is 5.88 Å². The number of thiophene rings is 2. The quantitative estimate of drug-likeness (QED) is 0.107. The van der Waals surface area contributed by atoms with Crippen molar-refractivity contribution in [2.75, 3.05) is 30.8 Å². The number of nitrogens with two attached hydrogens (primary N) is 1. The zero-order valence-corrected chi connectivity index (χ0v) is 26.8. The number of nitrogens with zero attached hydrogens (tertiary/aromatic N) is 5. The normalized spacial score (nSPS) is 11.5. The van der Waals surface area contributed by atoms with Crippen molar-refractivity contribution >= 4 is 83.5 Å². The zero-order valence-electron chi connectivity index (χ0n) is 24.4. The molecule has 2 aromatic carbocycles. The first kappa shape index (κ1) is 30.8. The number of ether oxygens (including phenoxy) is 2. The van der Waals surface area contributed by atoms with E-state index in [0.717, 1.165) is 30.4 Å². The molecule has 1 amide bonds. The minimum Gasteiger partial charge on any atom is -0.473 e. The second-order valence-electron chi connectivity index (χ2n) is 10.0. The number of benzene rings is 2. The molecule has 14 heteroatoms. The van der Waals surface area contributed by atoms with Gasteiger partial charge in [0.25, 0.3) is 0 Å². The molecular formula is C32H26ClN7O4S2. The number of nitriles is 1. The number of hydrogen-bond donors (Lipinski definition) is 2. The van der Waals surface area contributed by atoms with E-state index in [1.54, 1.807) is 28.7 Å². The number of aromatic nitrogens is 3. The molecule has 6 rings (SSSR count). The molecule has 0 unspecified atom stereocenters. The van der Waals surface area contributed by atoms with Crippen LogP contribution in [0.2, 0.25) is 5.15 Å². The average Bonchev–Trinajstić information content (AvgIpc) is 3.75. The molecule has 0 bridgehead atoms. The molecule has 0 aliphatic heterocycles. The number of alkyl carbamates (subject to hydrolysis) is 1. The highest BCUT2D eigenvalue weighted by Gasteiger charge is 2.14. The van der Waals surface area contributed by atoms with Gasteiger partial charge in [0.15, 0.2) is 5.58 Å². The molecule has 0 atom stereocenters. The number of nitrogens with one attached hydrogen (secondary N) is 1. The summed E-state index contributed by atoms with van der Waals surface area (Å²) in [6.45, 7) is 1.36. The van der Waals surface area contributed by atoms with Crippen molar-refractivity contribution < 1.29 is 18.7 Å². The van der Waals surface area contributed by atoms with E-state index >= 15 is 0 Å². The molecule has 4 aromatic heterocycles. The van der Waals surface area contributed by atoms with E-state index in [0.29, 0.717) is 41.5 Å². The highest BCUT2D eigenvalue weighted by atomic mass is 35.5. The number of carbonyl (C=O) groups excluding carboxylic acids is 1. The van der Waals surface area contributed by atoms with Crippen molar-refractivity contribution in [3.05, 3.63) is 93.8 Å². The molecule has 4 heterocycles. The fourth-order valence-electron chi connectivity index (χ4n) is 4.38. The molecule has 0 fully saturated rings. The highest BCUT2D eigenvalue weighted by Crippen LogP contribution is 2.38. The van der Waals surface area contributed by atoms with Gasteiger partial charge in [-0.05, 0) is 41.5 Å². The number of amides is 1. The van der Waals surface area contributed by atoms with Gasteiger partial charge in [-0.2, -0.15) is 10.2 Å². The molecule has 232 valence electrons. The van der Waals surface area contributed by atoms with Crippen molar-refractivity contribution in [3.8, 4) is 11.9 Å². The number of nitrogen functional groups attached to an aromatic ring is 1. The summed E-state index contributed by atoms with van der Waals surface area (Å²) in [4.78, 5) is 27.5. The van der Waals surface area contributed by atoms with Crippen LogP contribution in [0.15, 0.2) is 71.1 Å². The van der Waals surface area contributed by atoms with E-state index in [1.165, 1.54) is 6.07 Å². The van der Waals surface area contributed by atoms with E-state index in [4.69, 9.17) is 31.2 Å². The first-order valence-electron chi connectivity index (χ1n) is 14.0. The highest BCUT2D eigenvalue weighted by molar-refractivity contribution is 7.30. The lowest BCUT2D eigenvalue weighted by Gasteiger charge is -2.16. The number of oxazole rings is 1. The third kappa shape index (κ3) is 7.55. The van der Waals surface area contributed by atoms with Gasteiger partial charge in [0.2, 0.25) is 17.7 Å². The zero-order chi connectivity index (χ0) is 32.0. The van der Waals surface area contributed by atoms with Crippen LogP contribution in [0.3, 0.4) is 0 Å². The molecule has 0 aliphatic carbocycles. The van der Waals surface area contributed by atoms with Gasteiger partial charge in [0, 0.05) is 33.9 Å². The maximum absolute atomic E-state index is 12.3. The summed E-state index contributed by atoms with van der Waals surface area (Å²) in [5.74, 6) is 0.644. The van der Waals surface area contributed by atoms with Crippen LogP contribution in [0.1, 0.15) is 21.9 Å². The first-order chi connectivity index (χ1) is 22.3. The van der Waals surface area contributed by atoms with E-state index < -0.39 is 6.09 Å². The number of halogens is 1. The van der Waals surface area contributed by atoms with Gasteiger partial charge in [-0.1, -0.05) is 48.0 Å². The Morgan fingerprint density at radius 3 is 2.63 bits per heavy atom. The van der Waals surface area contributed by atoms with Crippen LogP contribution in [0.4, 0.5) is 15.7 Å². The largest absolute Gasteiger partial charge is 0.473 e. The summed E-state index contributed by atoms with van der Waals surface area (Å²) < 4.78 is 19.0. The number of para-hydroxylation sites is 2. The Morgan fingerprint density at radius 2 is 1.87 bits per heavy atom. The summed E-state index contributed by atoms with van der Waals surface area (Å²) in [5.41, 5.74) is 9.14. The predicted octanol–water partition coefficient (Wildman–Crippen LogP) is 7.14. The molecule has 3 N–H and O–H groups in total. The number of rotatable bonds is 11. The van der Waals surface area contributed by atoms with Gasteiger partial charge in [-0.15, -0.1) is 22.7 Å². The van der Waals surface area contributed by atoms with Gasteiger partial charge >= 0.3 is 6.09 Å². The van der Waals surface area contributed by atoms with Crippen molar-refractivity contribution in [2.24, 2.45) is 0 Å². The summed E-state index contributed by atoms with van der Waals surface area (Å²) in [6, 6.07) is 22.9. The number of allylic oxidation sites excluding steroid dienone is 1. The number of likely N-dealkylation sites (N-methyl/N-ethyl adjacent to an activating group) is 1. The average molecular weight is 672 g/mol. The summed E-state index contributed by atoms with van der Waals surface area (Å²) in [6.07, 6.45) is 1.31. The number of hydrogen-bond acceptors (Lipinski definition) is 12. The van der Waals surface area contributed by atoms with Gasteiger partial charge in [0.1, 0.15) is 35.5 Å². The molecule has 0 saturated heterocycles. The van der Waals surface area contributed by atoms with Crippen LogP contribution in [-0.4, -0.2) is 41.2 Å². The minimum atomic E-state index is -0.491. The van der Waals surface area contributed by atoms with Gasteiger partial charge in [-0.25, -0.2) is 14.8 Å². The third-order valence-corrected chi connectivity index (χ3v) is 9.26. The lowest BCUT2D eigenvalue weighted by Crippen LogP contribution is -2.28. The van der Waals surface area contributed by atoms with E-state index in [9.17, 15) is 10.1 Å². The number of carbonyl (C=O) groups is 1. The van der Waals surface area contributed by atoms with E-state index in [2.05, 4.69) is 38.5 Å². The molecule has 0 aliphatic rings. The summed E-state index contributed by atoms with van der Waals surface area (Å²) >= 11 is 9.09. The Bertz CT molecular complexity index is 2000. The van der Waals surface area contributed by atoms with Crippen LogP contribution >= 0.6 is 34.3 Å². The van der Waals surface area contributed by atoms with Gasteiger partial charge in [-0.3, -0.25) is 0 Å². The summed E-state index contributed by atoms with van der Waals surface area (Å²) in [5, 5.41) is 13.8. The Labute approximate surface area is 276 Å². The maximum Gasteiger partial charge on any atom is 0.407 e. The van der Waals surface area contributed by atoms with Crippen molar-refractivity contribution in [1.29, 1.82) is 5.26 Å². The van der Waals surface area contributed by atoms with Crippen molar-refractivity contribution in [1.82, 2.24) is 20.3 Å². The van der Waals surface area contributed by atoms with Crippen molar-refractivity contribution in [3.63, 3.8) is 0 Å². The van der Waals surface area contributed by atoms with Gasteiger partial charge in [0.05, 0.1) is 11.5 Å². The van der Waals surface area contributed by atoms with E-state index in [-0.39, 0.29) is 24.3 Å². The molecule has 46 heavy (non-hydrogen) atoms. The van der Waals surface area contributed by atoms with Crippen LogP contribution < -0.4 is 20.7 Å². The monoisotopic (exact) mass is 671 g/mol. The van der Waals surface area contributed by atoms with Crippen LogP contribution in [0.25, 0.3) is 32.1 Å².